The third-order valence-electron chi connectivity index (χ3n) is 2.54. The summed E-state index contributed by atoms with van der Waals surface area (Å²) in [5, 5.41) is 0. The standard InChI is InChI=1S/C16H16O/c1-14-8-5-6-12-16(14)17-13-7-11-15-9-3-2-4-10-15/h2-12H,13H2,1H3/b11-7+. The summed E-state index contributed by atoms with van der Waals surface area (Å²) in [6, 6.07) is 18.3. The predicted octanol–water partition coefficient (Wildman–Crippen LogP) is 4.09. The monoisotopic (exact) mass is 224 g/mol. The van der Waals surface area contributed by atoms with Crippen LogP contribution in [0.25, 0.3) is 6.08 Å². The van der Waals surface area contributed by atoms with Crippen molar-refractivity contribution >= 4 is 6.08 Å². The molecule has 1 heteroatoms. The molecule has 0 bridgehead atoms. The topological polar surface area (TPSA) is 9.23 Å². The van der Waals surface area contributed by atoms with Crippen LogP contribution in [0.2, 0.25) is 0 Å². The van der Waals surface area contributed by atoms with Crippen molar-refractivity contribution in [1.29, 1.82) is 0 Å². The number of hydrogen-bond acceptors (Lipinski definition) is 1. The van der Waals surface area contributed by atoms with Crippen molar-refractivity contribution in [3.8, 4) is 5.75 Å². The number of para-hydroxylation sites is 1. The van der Waals surface area contributed by atoms with E-state index in [1.54, 1.807) is 0 Å². The van der Waals surface area contributed by atoms with Gasteiger partial charge in [-0.1, -0.05) is 54.6 Å². The Morgan fingerprint density at radius 1 is 0.941 bits per heavy atom. The molecular formula is C16H16O. The van der Waals surface area contributed by atoms with Gasteiger partial charge in [-0.3, -0.25) is 0 Å². The van der Waals surface area contributed by atoms with Crippen molar-refractivity contribution in [2.24, 2.45) is 0 Å². The Hall–Kier alpha value is -2.02. The molecule has 2 rings (SSSR count). The van der Waals surface area contributed by atoms with E-state index >= 15 is 0 Å². The van der Waals surface area contributed by atoms with E-state index < -0.39 is 0 Å². The van der Waals surface area contributed by atoms with Crippen LogP contribution in [0.15, 0.2) is 60.7 Å². The third-order valence-corrected chi connectivity index (χ3v) is 2.54. The van der Waals surface area contributed by atoms with Crippen molar-refractivity contribution in [3.05, 3.63) is 71.8 Å². The minimum atomic E-state index is 0.597. The largest absolute Gasteiger partial charge is 0.489 e. The highest BCUT2D eigenvalue weighted by Gasteiger charge is 1.94. The second kappa shape index (κ2) is 5.90. The molecule has 0 aliphatic rings. The summed E-state index contributed by atoms with van der Waals surface area (Å²) < 4.78 is 5.67. The molecule has 17 heavy (non-hydrogen) atoms. The third kappa shape index (κ3) is 3.49. The van der Waals surface area contributed by atoms with Crippen LogP contribution in [0.4, 0.5) is 0 Å². The molecule has 2 aromatic rings. The summed E-state index contributed by atoms with van der Waals surface area (Å²) in [5.41, 5.74) is 2.36. The first kappa shape index (κ1) is 11.5. The van der Waals surface area contributed by atoms with Crippen molar-refractivity contribution in [2.45, 2.75) is 6.92 Å². The Labute approximate surface area is 102 Å². The summed E-state index contributed by atoms with van der Waals surface area (Å²) in [5.74, 6) is 0.949. The molecule has 0 spiro atoms. The first-order chi connectivity index (χ1) is 8.36. The van der Waals surface area contributed by atoms with Crippen LogP contribution in [0.3, 0.4) is 0 Å². The van der Waals surface area contributed by atoms with Crippen LogP contribution in [0.5, 0.6) is 5.75 Å². The van der Waals surface area contributed by atoms with E-state index in [2.05, 4.69) is 31.2 Å². The zero-order chi connectivity index (χ0) is 11.9. The number of benzene rings is 2. The summed E-state index contributed by atoms with van der Waals surface area (Å²) in [6.45, 7) is 2.65. The van der Waals surface area contributed by atoms with Crippen LogP contribution in [-0.2, 0) is 0 Å². The molecule has 0 fully saturated rings. The maximum Gasteiger partial charge on any atom is 0.122 e. The molecule has 0 N–H and O–H groups in total. The van der Waals surface area contributed by atoms with Gasteiger partial charge in [-0.25, -0.2) is 0 Å². The van der Waals surface area contributed by atoms with Gasteiger partial charge in [0.2, 0.25) is 0 Å². The molecule has 0 aromatic heterocycles. The van der Waals surface area contributed by atoms with Gasteiger partial charge in [-0.2, -0.15) is 0 Å². The highest BCUT2D eigenvalue weighted by molar-refractivity contribution is 5.48. The molecule has 0 saturated heterocycles. The lowest BCUT2D eigenvalue weighted by atomic mass is 10.2. The van der Waals surface area contributed by atoms with E-state index in [-0.39, 0.29) is 0 Å². The van der Waals surface area contributed by atoms with Gasteiger partial charge < -0.3 is 4.74 Å². The molecule has 0 aliphatic heterocycles. The Morgan fingerprint density at radius 2 is 1.65 bits per heavy atom. The van der Waals surface area contributed by atoms with E-state index in [4.69, 9.17) is 4.74 Å². The van der Waals surface area contributed by atoms with Gasteiger partial charge in [-0.15, -0.1) is 0 Å². The van der Waals surface area contributed by atoms with Crippen molar-refractivity contribution < 1.29 is 4.74 Å². The van der Waals surface area contributed by atoms with Gasteiger partial charge >= 0.3 is 0 Å². The highest BCUT2D eigenvalue weighted by Crippen LogP contribution is 2.15. The molecule has 1 nitrogen and oxygen atoms in total. The highest BCUT2D eigenvalue weighted by atomic mass is 16.5. The van der Waals surface area contributed by atoms with Gasteiger partial charge in [0.1, 0.15) is 12.4 Å². The van der Waals surface area contributed by atoms with E-state index in [0.717, 1.165) is 5.75 Å². The van der Waals surface area contributed by atoms with Gasteiger partial charge in [-0.05, 0) is 30.2 Å². The second-order valence-corrected chi connectivity index (χ2v) is 3.89. The molecule has 0 radical (unpaired) electrons. The number of hydrogen-bond donors (Lipinski definition) is 0. The van der Waals surface area contributed by atoms with Crippen molar-refractivity contribution in [2.75, 3.05) is 6.61 Å². The average molecular weight is 224 g/mol. The van der Waals surface area contributed by atoms with Crippen LogP contribution in [0.1, 0.15) is 11.1 Å². The zero-order valence-corrected chi connectivity index (χ0v) is 9.97. The zero-order valence-electron chi connectivity index (χ0n) is 9.97. The fourth-order valence-corrected chi connectivity index (χ4v) is 1.60. The van der Waals surface area contributed by atoms with Gasteiger partial charge in [0, 0.05) is 0 Å². The molecule has 0 saturated carbocycles. The Balaban J connectivity index is 1.88. The smallest absolute Gasteiger partial charge is 0.122 e. The fourth-order valence-electron chi connectivity index (χ4n) is 1.60. The molecule has 2 aromatic carbocycles. The molecular weight excluding hydrogens is 208 g/mol. The lowest BCUT2D eigenvalue weighted by molar-refractivity contribution is 0.361. The summed E-state index contributed by atoms with van der Waals surface area (Å²) in [6.07, 6.45) is 4.10. The molecule has 0 aliphatic carbocycles. The van der Waals surface area contributed by atoms with Crippen molar-refractivity contribution in [3.63, 3.8) is 0 Å². The van der Waals surface area contributed by atoms with Crippen molar-refractivity contribution in [1.82, 2.24) is 0 Å². The normalized spacial score (nSPS) is 10.6. The number of aryl methyl sites for hydroxylation is 1. The Kier molecular flexibility index (Phi) is 3.98. The van der Waals surface area contributed by atoms with Crippen LogP contribution >= 0.6 is 0 Å². The van der Waals surface area contributed by atoms with E-state index in [9.17, 15) is 0 Å². The molecule has 86 valence electrons. The number of rotatable bonds is 4. The maximum absolute atomic E-state index is 5.67. The minimum Gasteiger partial charge on any atom is -0.489 e. The van der Waals surface area contributed by atoms with Crippen LogP contribution < -0.4 is 4.74 Å². The van der Waals surface area contributed by atoms with E-state index in [1.807, 2.05) is 42.5 Å². The Bertz CT molecular complexity index is 486. The lowest BCUT2D eigenvalue weighted by Gasteiger charge is -2.05. The van der Waals surface area contributed by atoms with Gasteiger partial charge in [0.25, 0.3) is 0 Å². The summed E-state index contributed by atoms with van der Waals surface area (Å²) in [7, 11) is 0. The average Bonchev–Trinajstić information content (AvgIpc) is 2.38. The first-order valence-electron chi connectivity index (χ1n) is 5.76. The molecule has 0 unspecified atom stereocenters. The summed E-state index contributed by atoms with van der Waals surface area (Å²) >= 11 is 0. The lowest BCUT2D eigenvalue weighted by Crippen LogP contribution is -1.94. The second-order valence-electron chi connectivity index (χ2n) is 3.89. The van der Waals surface area contributed by atoms with Crippen LogP contribution in [-0.4, -0.2) is 6.61 Å². The fraction of sp³-hybridized carbons (Fsp3) is 0.125. The first-order valence-corrected chi connectivity index (χ1v) is 5.76. The predicted molar refractivity (Wildman–Crippen MR) is 72.2 cm³/mol. The van der Waals surface area contributed by atoms with Gasteiger partial charge in [0.15, 0.2) is 0 Å². The van der Waals surface area contributed by atoms with Gasteiger partial charge in [0.05, 0.1) is 0 Å². The van der Waals surface area contributed by atoms with E-state index in [0.29, 0.717) is 6.61 Å². The SMILES string of the molecule is Cc1ccccc1OC/C=C/c1ccccc1. The Morgan fingerprint density at radius 3 is 2.41 bits per heavy atom. The quantitative estimate of drug-likeness (QED) is 0.760. The summed E-state index contributed by atoms with van der Waals surface area (Å²) in [4.78, 5) is 0. The molecule has 0 atom stereocenters. The van der Waals surface area contributed by atoms with E-state index in [1.165, 1.54) is 11.1 Å². The minimum absolute atomic E-state index is 0.597. The molecule has 0 heterocycles. The maximum atomic E-state index is 5.67. The van der Waals surface area contributed by atoms with Crippen LogP contribution in [0, 0.1) is 6.92 Å². The number of ether oxygens (including phenoxy) is 1. The molecule has 0 amide bonds.